The molecular weight excluding hydrogens is 282 g/mol. The van der Waals surface area contributed by atoms with E-state index >= 15 is 0 Å². The van der Waals surface area contributed by atoms with Gasteiger partial charge in [0.2, 0.25) is 5.43 Å². The summed E-state index contributed by atoms with van der Waals surface area (Å²) in [5, 5.41) is 0. The van der Waals surface area contributed by atoms with E-state index in [-0.39, 0.29) is 12.0 Å². The van der Waals surface area contributed by atoms with Gasteiger partial charge in [-0.15, -0.1) is 0 Å². The number of aromatic nitrogens is 1. The molecule has 1 heterocycles. The Labute approximate surface area is 128 Å². The number of carbonyl (C=O) groups is 1. The summed E-state index contributed by atoms with van der Waals surface area (Å²) in [7, 11) is 0. The average molecular weight is 301 g/mol. The molecule has 2 aromatic rings. The van der Waals surface area contributed by atoms with Crippen LogP contribution in [0.15, 0.2) is 41.3 Å². The van der Waals surface area contributed by atoms with E-state index in [0.717, 1.165) is 6.29 Å². The Hall–Kier alpha value is -2.56. The van der Waals surface area contributed by atoms with Gasteiger partial charge in [-0.25, -0.2) is 0 Å². The maximum atomic E-state index is 11.9. The Balaban J connectivity index is 1.96. The van der Waals surface area contributed by atoms with Gasteiger partial charge in [0.05, 0.1) is 12.3 Å². The molecule has 1 aromatic heterocycles. The molecule has 0 fully saturated rings. The highest BCUT2D eigenvalue weighted by molar-refractivity contribution is 5.74. The first-order chi connectivity index (χ1) is 10.6. The first-order valence-electron chi connectivity index (χ1n) is 7.11. The maximum Gasteiger partial charge on any atom is 0.223 e. The van der Waals surface area contributed by atoms with Crippen LogP contribution in [0.5, 0.6) is 11.5 Å². The van der Waals surface area contributed by atoms with Crippen molar-refractivity contribution in [2.45, 2.75) is 20.5 Å². The van der Waals surface area contributed by atoms with Gasteiger partial charge in [0.25, 0.3) is 0 Å². The second kappa shape index (κ2) is 7.45. The van der Waals surface area contributed by atoms with Gasteiger partial charge in [0.1, 0.15) is 18.6 Å². The average Bonchev–Trinajstić information content (AvgIpc) is 2.52. The van der Waals surface area contributed by atoms with Crippen molar-refractivity contribution in [2.75, 3.05) is 6.61 Å². The van der Waals surface area contributed by atoms with E-state index in [1.165, 1.54) is 6.07 Å². The zero-order valence-corrected chi connectivity index (χ0v) is 12.7. The van der Waals surface area contributed by atoms with Crippen molar-refractivity contribution in [1.82, 2.24) is 4.98 Å². The molecule has 0 bridgehead atoms. The summed E-state index contributed by atoms with van der Waals surface area (Å²) in [5.74, 6) is 1.30. The van der Waals surface area contributed by atoms with Crippen LogP contribution in [0.1, 0.15) is 29.9 Å². The number of rotatable bonds is 7. The third-order valence-electron chi connectivity index (χ3n) is 2.92. The highest BCUT2D eigenvalue weighted by atomic mass is 16.5. The molecule has 0 saturated heterocycles. The van der Waals surface area contributed by atoms with Crippen LogP contribution in [0.2, 0.25) is 0 Å². The Morgan fingerprint density at radius 3 is 2.50 bits per heavy atom. The summed E-state index contributed by atoms with van der Waals surface area (Å²) in [5.41, 5.74) is 1.07. The fourth-order valence-electron chi connectivity index (χ4n) is 1.76. The lowest BCUT2D eigenvalue weighted by Gasteiger charge is -2.09. The van der Waals surface area contributed by atoms with E-state index < -0.39 is 0 Å². The van der Waals surface area contributed by atoms with Crippen LogP contribution in [0.25, 0.3) is 0 Å². The van der Waals surface area contributed by atoms with Gasteiger partial charge in [0.15, 0.2) is 5.75 Å². The maximum absolute atomic E-state index is 11.9. The SMILES string of the molecule is CC(C)COc1c[nH]c(COc2ccc(C=O)cc2)cc1=O. The molecule has 0 aliphatic heterocycles. The van der Waals surface area contributed by atoms with Crippen LogP contribution < -0.4 is 14.9 Å². The summed E-state index contributed by atoms with van der Waals surface area (Å²) < 4.78 is 11.0. The molecule has 0 aliphatic carbocycles. The standard InChI is InChI=1S/C17H19NO4/c1-12(2)10-22-17-8-18-14(7-16(17)20)11-21-15-5-3-13(9-19)4-6-15/h3-9,12H,10-11H2,1-2H3,(H,18,20). The summed E-state index contributed by atoms with van der Waals surface area (Å²) in [6, 6.07) is 8.24. The van der Waals surface area contributed by atoms with Crippen LogP contribution in [-0.4, -0.2) is 17.9 Å². The van der Waals surface area contributed by atoms with Gasteiger partial charge in [-0.2, -0.15) is 0 Å². The molecule has 116 valence electrons. The lowest BCUT2D eigenvalue weighted by Crippen LogP contribution is -2.13. The summed E-state index contributed by atoms with van der Waals surface area (Å²) in [4.78, 5) is 25.5. The van der Waals surface area contributed by atoms with Crippen molar-refractivity contribution < 1.29 is 14.3 Å². The molecular formula is C17H19NO4. The van der Waals surface area contributed by atoms with Gasteiger partial charge >= 0.3 is 0 Å². The molecule has 22 heavy (non-hydrogen) atoms. The summed E-state index contributed by atoms with van der Waals surface area (Å²) >= 11 is 0. The van der Waals surface area contributed by atoms with Crippen molar-refractivity contribution in [1.29, 1.82) is 0 Å². The van der Waals surface area contributed by atoms with Crippen molar-refractivity contribution in [3.05, 3.63) is 58.0 Å². The number of ether oxygens (including phenoxy) is 2. The number of H-pyrrole nitrogens is 1. The first-order valence-corrected chi connectivity index (χ1v) is 7.11. The van der Waals surface area contributed by atoms with Gasteiger partial charge in [-0.1, -0.05) is 13.8 Å². The zero-order chi connectivity index (χ0) is 15.9. The predicted octanol–water partition coefficient (Wildman–Crippen LogP) is 2.80. The van der Waals surface area contributed by atoms with Crippen LogP contribution in [0, 0.1) is 5.92 Å². The zero-order valence-electron chi connectivity index (χ0n) is 12.7. The van der Waals surface area contributed by atoms with Gasteiger partial charge in [-0.3, -0.25) is 9.59 Å². The lowest BCUT2D eigenvalue weighted by molar-refractivity contribution is 0.112. The fraction of sp³-hybridized carbons (Fsp3) is 0.294. The minimum absolute atomic E-state index is 0.172. The quantitative estimate of drug-likeness (QED) is 0.798. The number of aldehydes is 1. The number of hydrogen-bond donors (Lipinski definition) is 1. The Morgan fingerprint density at radius 2 is 1.91 bits per heavy atom. The van der Waals surface area contributed by atoms with E-state index in [1.54, 1.807) is 30.5 Å². The van der Waals surface area contributed by atoms with Crippen molar-refractivity contribution in [2.24, 2.45) is 5.92 Å². The predicted molar refractivity (Wildman–Crippen MR) is 83.6 cm³/mol. The van der Waals surface area contributed by atoms with E-state index in [9.17, 15) is 9.59 Å². The molecule has 0 radical (unpaired) electrons. The van der Waals surface area contributed by atoms with Crippen LogP contribution >= 0.6 is 0 Å². The molecule has 1 aromatic carbocycles. The summed E-state index contributed by atoms with van der Waals surface area (Å²) in [6.45, 7) is 4.78. The number of carbonyl (C=O) groups excluding carboxylic acids is 1. The van der Waals surface area contributed by atoms with Gasteiger partial charge < -0.3 is 14.5 Å². The molecule has 1 N–H and O–H groups in total. The number of hydrogen-bond acceptors (Lipinski definition) is 4. The molecule has 0 saturated carbocycles. The van der Waals surface area contributed by atoms with Crippen molar-refractivity contribution in [3.63, 3.8) is 0 Å². The highest BCUT2D eigenvalue weighted by Gasteiger charge is 2.04. The van der Waals surface area contributed by atoms with Gasteiger partial charge in [0, 0.05) is 17.8 Å². The molecule has 0 unspecified atom stereocenters. The Morgan fingerprint density at radius 1 is 1.18 bits per heavy atom. The third-order valence-corrected chi connectivity index (χ3v) is 2.92. The lowest BCUT2D eigenvalue weighted by atomic mass is 10.2. The largest absolute Gasteiger partial charge is 0.488 e. The molecule has 5 heteroatoms. The molecule has 0 aliphatic rings. The van der Waals surface area contributed by atoms with E-state index in [0.29, 0.717) is 35.3 Å². The molecule has 2 rings (SSSR count). The Bertz CT molecular complexity index is 674. The summed E-state index contributed by atoms with van der Waals surface area (Å²) in [6.07, 6.45) is 2.33. The fourth-order valence-corrected chi connectivity index (χ4v) is 1.76. The number of aromatic amines is 1. The topological polar surface area (TPSA) is 68.4 Å². The number of pyridine rings is 1. The Kier molecular flexibility index (Phi) is 5.36. The van der Waals surface area contributed by atoms with Crippen LogP contribution in [0.3, 0.4) is 0 Å². The monoisotopic (exact) mass is 301 g/mol. The van der Waals surface area contributed by atoms with Crippen LogP contribution in [0.4, 0.5) is 0 Å². The molecule has 5 nitrogen and oxygen atoms in total. The minimum atomic E-state index is -0.172. The smallest absolute Gasteiger partial charge is 0.223 e. The van der Waals surface area contributed by atoms with E-state index in [1.807, 2.05) is 13.8 Å². The molecule has 0 amide bonds. The first kappa shape index (κ1) is 15.8. The highest BCUT2D eigenvalue weighted by Crippen LogP contribution is 2.13. The van der Waals surface area contributed by atoms with E-state index in [4.69, 9.17) is 9.47 Å². The number of benzene rings is 1. The number of nitrogens with one attached hydrogen (secondary N) is 1. The second-order valence-corrected chi connectivity index (χ2v) is 5.37. The minimum Gasteiger partial charge on any atom is -0.488 e. The van der Waals surface area contributed by atoms with Crippen molar-refractivity contribution in [3.8, 4) is 11.5 Å². The van der Waals surface area contributed by atoms with Crippen molar-refractivity contribution >= 4 is 6.29 Å². The van der Waals surface area contributed by atoms with E-state index in [2.05, 4.69) is 4.98 Å². The normalized spacial score (nSPS) is 10.5. The van der Waals surface area contributed by atoms with Crippen LogP contribution in [-0.2, 0) is 6.61 Å². The van der Waals surface area contributed by atoms with Gasteiger partial charge in [-0.05, 0) is 30.2 Å². The second-order valence-electron chi connectivity index (χ2n) is 5.37. The molecule has 0 spiro atoms. The third kappa shape index (κ3) is 4.48. The molecule has 0 atom stereocenters.